The molecule has 4 nitrogen and oxygen atoms in total. The van der Waals surface area contributed by atoms with Crippen LogP contribution in [0.25, 0.3) is 11.0 Å². The molecule has 4 rings (SSSR count). The third-order valence-electron chi connectivity index (χ3n) is 3.57. The lowest BCUT2D eigenvalue weighted by atomic mass is 10.1. The Morgan fingerprint density at radius 1 is 1.14 bits per heavy atom. The third-order valence-corrected chi connectivity index (χ3v) is 4.19. The summed E-state index contributed by atoms with van der Waals surface area (Å²) in [6, 6.07) is 13.7. The topological polar surface area (TPSA) is 47.1 Å². The number of hydrogen-bond donors (Lipinski definition) is 1. The van der Waals surface area contributed by atoms with Gasteiger partial charge in [-0.2, -0.15) is 0 Å². The molecule has 0 aliphatic carbocycles. The van der Waals surface area contributed by atoms with E-state index in [-0.39, 0.29) is 0 Å². The van der Waals surface area contributed by atoms with Crippen LogP contribution in [0.1, 0.15) is 11.7 Å². The maximum absolute atomic E-state index is 6.01. The summed E-state index contributed by atoms with van der Waals surface area (Å²) in [6.45, 7) is 1.46. The Hall–Kier alpha value is -1.85. The third kappa shape index (κ3) is 2.32. The van der Waals surface area contributed by atoms with Crippen LogP contribution in [0.5, 0.6) is 11.5 Å². The molecular formula is C16H13BrN2O2. The number of ether oxygens (including phenoxy) is 2. The van der Waals surface area contributed by atoms with Gasteiger partial charge in [0, 0.05) is 0 Å². The summed E-state index contributed by atoms with van der Waals surface area (Å²) in [5, 5.41) is 0. The Balaban J connectivity index is 1.78. The van der Waals surface area contributed by atoms with E-state index in [1.165, 1.54) is 0 Å². The van der Waals surface area contributed by atoms with E-state index >= 15 is 0 Å². The minimum atomic E-state index is 0.362. The number of hydrogen-bond acceptors (Lipinski definition) is 3. The molecule has 0 unspecified atom stereocenters. The normalized spacial score (nSPS) is 15.1. The van der Waals surface area contributed by atoms with Gasteiger partial charge in [-0.1, -0.05) is 18.2 Å². The van der Waals surface area contributed by atoms with Crippen molar-refractivity contribution in [3.63, 3.8) is 0 Å². The molecule has 0 radical (unpaired) electrons. The SMILES string of the molecule is Brc1ccc2[nH]c(C3COC3)nc2c1Oc1ccccc1. The lowest BCUT2D eigenvalue weighted by Gasteiger charge is -2.23. The maximum atomic E-state index is 6.01. The Kier molecular flexibility index (Phi) is 3.16. The van der Waals surface area contributed by atoms with Crippen molar-refractivity contribution in [1.29, 1.82) is 0 Å². The quantitative estimate of drug-likeness (QED) is 0.773. The predicted octanol–water partition coefficient (Wildman–Crippen LogP) is 4.23. The van der Waals surface area contributed by atoms with Gasteiger partial charge in [-0.05, 0) is 40.2 Å². The Bertz CT molecular complexity index is 782. The summed E-state index contributed by atoms with van der Waals surface area (Å²) in [6.07, 6.45) is 0. The largest absolute Gasteiger partial charge is 0.454 e. The molecule has 1 N–H and O–H groups in total. The number of aromatic nitrogens is 2. The fraction of sp³-hybridized carbons (Fsp3) is 0.188. The zero-order chi connectivity index (χ0) is 14.2. The van der Waals surface area contributed by atoms with Gasteiger partial charge in [0.15, 0.2) is 5.75 Å². The van der Waals surface area contributed by atoms with E-state index in [1.54, 1.807) is 0 Å². The molecule has 0 saturated carbocycles. The smallest absolute Gasteiger partial charge is 0.169 e. The van der Waals surface area contributed by atoms with E-state index < -0.39 is 0 Å². The monoisotopic (exact) mass is 344 g/mol. The van der Waals surface area contributed by atoms with Crippen molar-refractivity contribution in [2.24, 2.45) is 0 Å². The first-order valence-corrected chi connectivity index (χ1v) is 7.59. The number of H-pyrrole nitrogens is 1. The number of halogens is 1. The molecule has 0 bridgehead atoms. The van der Waals surface area contributed by atoms with Crippen LogP contribution >= 0.6 is 15.9 Å². The number of imidazole rings is 1. The van der Waals surface area contributed by atoms with Gasteiger partial charge in [0.2, 0.25) is 0 Å². The molecule has 1 saturated heterocycles. The predicted molar refractivity (Wildman–Crippen MR) is 83.9 cm³/mol. The fourth-order valence-corrected chi connectivity index (χ4v) is 2.74. The van der Waals surface area contributed by atoms with Crippen LogP contribution in [0.4, 0.5) is 0 Å². The van der Waals surface area contributed by atoms with E-state index in [4.69, 9.17) is 14.5 Å². The number of aromatic amines is 1. The number of para-hydroxylation sites is 1. The highest BCUT2D eigenvalue weighted by Gasteiger charge is 2.25. The molecule has 1 aliphatic heterocycles. The van der Waals surface area contributed by atoms with E-state index in [2.05, 4.69) is 20.9 Å². The van der Waals surface area contributed by atoms with Gasteiger partial charge in [-0.15, -0.1) is 0 Å². The number of fused-ring (bicyclic) bond motifs is 1. The van der Waals surface area contributed by atoms with Crippen LogP contribution in [0, 0.1) is 0 Å². The average molecular weight is 345 g/mol. The lowest BCUT2D eigenvalue weighted by Crippen LogP contribution is -2.26. The summed E-state index contributed by atoms with van der Waals surface area (Å²) in [4.78, 5) is 8.06. The van der Waals surface area contributed by atoms with Crippen molar-refractivity contribution in [3.05, 3.63) is 52.8 Å². The minimum absolute atomic E-state index is 0.362. The van der Waals surface area contributed by atoms with Gasteiger partial charge in [-0.25, -0.2) is 4.98 Å². The Morgan fingerprint density at radius 3 is 2.67 bits per heavy atom. The van der Waals surface area contributed by atoms with E-state index in [0.717, 1.165) is 46.0 Å². The van der Waals surface area contributed by atoms with E-state index in [1.807, 2.05) is 42.5 Å². The Morgan fingerprint density at radius 2 is 1.95 bits per heavy atom. The highest BCUT2D eigenvalue weighted by molar-refractivity contribution is 9.10. The fourth-order valence-electron chi connectivity index (χ4n) is 2.34. The second-order valence-corrected chi connectivity index (χ2v) is 5.90. The lowest BCUT2D eigenvalue weighted by molar-refractivity contribution is 0.00531. The van der Waals surface area contributed by atoms with Crippen molar-refractivity contribution in [1.82, 2.24) is 9.97 Å². The number of nitrogens with zero attached hydrogens (tertiary/aromatic N) is 1. The number of nitrogens with one attached hydrogen (secondary N) is 1. The van der Waals surface area contributed by atoms with Gasteiger partial charge >= 0.3 is 0 Å². The summed E-state index contributed by atoms with van der Waals surface area (Å²) in [7, 11) is 0. The molecule has 0 spiro atoms. The molecule has 2 aromatic carbocycles. The second kappa shape index (κ2) is 5.16. The summed E-state index contributed by atoms with van der Waals surface area (Å²) in [5.74, 6) is 2.86. The standard InChI is InChI=1S/C16H13BrN2O2/c17-12-6-7-13-14(19-16(18-13)10-8-20-9-10)15(12)21-11-4-2-1-3-5-11/h1-7,10H,8-9H2,(H,18,19). The molecule has 0 atom stereocenters. The molecule has 106 valence electrons. The first-order chi connectivity index (χ1) is 10.3. The summed E-state index contributed by atoms with van der Waals surface area (Å²) < 4.78 is 12.1. The first-order valence-electron chi connectivity index (χ1n) is 6.80. The molecule has 3 aromatic rings. The molecule has 1 aromatic heterocycles. The number of benzene rings is 2. The van der Waals surface area contributed by atoms with Crippen molar-refractivity contribution in [3.8, 4) is 11.5 Å². The van der Waals surface area contributed by atoms with Crippen LogP contribution in [-0.2, 0) is 4.74 Å². The zero-order valence-corrected chi connectivity index (χ0v) is 12.8. The van der Waals surface area contributed by atoms with Gasteiger partial charge in [-0.3, -0.25) is 0 Å². The van der Waals surface area contributed by atoms with Crippen molar-refractivity contribution in [2.45, 2.75) is 5.92 Å². The molecule has 21 heavy (non-hydrogen) atoms. The van der Waals surface area contributed by atoms with Crippen LogP contribution in [0.3, 0.4) is 0 Å². The Labute approximate surface area is 130 Å². The average Bonchev–Trinajstić information content (AvgIpc) is 2.85. The highest BCUT2D eigenvalue weighted by atomic mass is 79.9. The minimum Gasteiger partial charge on any atom is -0.454 e. The van der Waals surface area contributed by atoms with Crippen LogP contribution in [-0.4, -0.2) is 23.2 Å². The maximum Gasteiger partial charge on any atom is 0.169 e. The van der Waals surface area contributed by atoms with Crippen LogP contribution < -0.4 is 4.74 Å². The van der Waals surface area contributed by atoms with E-state index in [0.29, 0.717) is 5.92 Å². The van der Waals surface area contributed by atoms with Crippen molar-refractivity contribution < 1.29 is 9.47 Å². The van der Waals surface area contributed by atoms with Crippen molar-refractivity contribution >= 4 is 27.0 Å². The first kappa shape index (κ1) is 12.9. The molecule has 2 heterocycles. The summed E-state index contributed by atoms with van der Waals surface area (Å²) >= 11 is 3.55. The second-order valence-electron chi connectivity index (χ2n) is 5.04. The van der Waals surface area contributed by atoms with Crippen molar-refractivity contribution in [2.75, 3.05) is 13.2 Å². The molecule has 1 aliphatic rings. The van der Waals surface area contributed by atoms with Gasteiger partial charge < -0.3 is 14.5 Å². The van der Waals surface area contributed by atoms with Gasteiger partial charge in [0.05, 0.1) is 29.1 Å². The van der Waals surface area contributed by atoms with E-state index in [9.17, 15) is 0 Å². The number of rotatable bonds is 3. The van der Waals surface area contributed by atoms with Crippen LogP contribution in [0.15, 0.2) is 46.9 Å². The van der Waals surface area contributed by atoms with Gasteiger partial charge in [0.1, 0.15) is 17.1 Å². The van der Waals surface area contributed by atoms with Crippen LogP contribution in [0.2, 0.25) is 0 Å². The molecule has 0 amide bonds. The zero-order valence-electron chi connectivity index (χ0n) is 11.2. The molecule has 1 fully saturated rings. The van der Waals surface area contributed by atoms with Gasteiger partial charge in [0.25, 0.3) is 0 Å². The highest BCUT2D eigenvalue weighted by Crippen LogP contribution is 2.37. The summed E-state index contributed by atoms with van der Waals surface area (Å²) in [5.41, 5.74) is 1.82. The molecule has 5 heteroatoms. The molecular weight excluding hydrogens is 332 g/mol.